The summed E-state index contributed by atoms with van der Waals surface area (Å²) < 4.78 is 11.8. The van der Waals surface area contributed by atoms with E-state index in [1.165, 1.54) is 0 Å². The zero-order chi connectivity index (χ0) is 22.8. The minimum atomic E-state index is -0.192. The van der Waals surface area contributed by atoms with Gasteiger partial charge in [0, 0.05) is 36.1 Å². The van der Waals surface area contributed by atoms with Crippen molar-refractivity contribution in [3.05, 3.63) is 42.4 Å². The van der Waals surface area contributed by atoms with E-state index >= 15 is 0 Å². The van der Waals surface area contributed by atoms with Crippen molar-refractivity contribution < 1.29 is 14.3 Å². The third-order valence-corrected chi connectivity index (χ3v) is 5.83. The van der Waals surface area contributed by atoms with E-state index in [4.69, 9.17) is 14.5 Å². The minimum absolute atomic E-state index is 0.129. The van der Waals surface area contributed by atoms with Gasteiger partial charge in [0.25, 0.3) is 5.91 Å². The van der Waals surface area contributed by atoms with E-state index in [1.54, 1.807) is 38.6 Å². The molecule has 1 saturated carbocycles. The van der Waals surface area contributed by atoms with Gasteiger partial charge in [-0.1, -0.05) is 0 Å². The largest absolute Gasteiger partial charge is 0.495 e. The van der Waals surface area contributed by atoms with Crippen LogP contribution in [0.3, 0.4) is 0 Å². The van der Waals surface area contributed by atoms with Gasteiger partial charge in [-0.25, -0.2) is 0 Å². The lowest BCUT2D eigenvalue weighted by Crippen LogP contribution is -2.17. The molecule has 0 bridgehead atoms. The summed E-state index contributed by atoms with van der Waals surface area (Å²) >= 11 is 0. The van der Waals surface area contributed by atoms with Crippen molar-refractivity contribution in [2.45, 2.75) is 31.8 Å². The van der Waals surface area contributed by atoms with Gasteiger partial charge in [-0.2, -0.15) is 15.1 Å². The van der Waals surface area contributed by atoms with Gasteiger partial charge in [0.1, 0.15) is 17.5 Å². The van der Waals surface area contributed by atoms with Crippen LogP contribution >= 0.6 is 0 Å². The molecule has 4 N–H and O–H groups in total. The molecule has 1 amide bonds. The Bertz CT molecular complexity index is 1280. The molecule has 1 aliphatic carbocycles. The number of methoxy groups -OCH3 is 1. The summed E-state index contributed by atoms with van der Waals surface area (Å²) in [6.45, 7) is 0. The van der Waals surface area contributed by atoms with Crippen LogP contribution in [0, 0.1) is 0 Å². The number of nitrogens with one attached hydrogen (secondary N) is 4. The molecular weight excluding hydrogens is 422 g/mol. The first kappa shape index (κ1) is 20.8. The van der Waals surface area contributed by atoms with Crippen LogP contribution in [0.15, 0.2) is 36.8 Å². The zero-order valence-corrected chi connectivity index (χ0v) is 18.4. The predicted octanol–water partition coefficient (Wildman–Crippen LogP) is 3.78. The standard InChI is InChI=1S/C23H25N7O3/c1-24-21(31)13-7-8-17(18(9-13)32-2)28-23-29-20-19(16(12-25-20)14-10-26-27-11-14)22(30-23)33-15-5-3-4-6-15/h7-12,15H,3-6H2,1-2H3,(H,24,31)(H,26,27)(H2,25,28,29,30). The summed E-state index contributed by atoms with van der Waals surface area (Å²) in [5.74, 6) is 1.20. The maximum Gasteiger partial charge on any atom is 0.251 e. The number of hydrogen-bond donors (Lipinski definition) is 4. The van der Waals surface area contributed by atoms with Crippen molar-refractivity contribution in [1.82, 2.24) is 30.5 Å². The van der Waals surface area contributed by atoms with Crippen LogP contribution in [0.1, 0.15) is 36.0 Å². The molecule has 3 aromatic heterocycles. The van der Waals surface area contributed by atoms with Crippen LogP contribution < -0.4 is 20.1 Å². The van der Waals surface area contributed by atoms with Gasteiger partial charge < -0.3 is 25.1 Å². The Balaban J connectivity index is 1.54. The zero-order valence-electron chi connectivity index (χ0n) is 18.4. The second-order valence-corrected chi connectivity index (χ2v) is 7.91. The molecule has 1 aliphatic rings. The summed E-state index contributed by atoms with van der Waals surface area (Å²) in [5, 5.41) is 13.5. The molecule has 0 atom stereocenters. The molecule has 0 radical (unpaired) electrons. The van der Waals surface area contributed by atoms with Gasteiger partial charge in [0.2, 0.25) is 11.8 Å². The Morgan fingerprint density at radius 2 is 2.03 bits per heavy atom. The number of aromatic amines is 2. The Kier molecular flexibility index (Phi) is 5.55. The van der Waals surface area contributed by atoms with Gasteiger partial charge in [0.15, 0.2) is 0 Å². The van der Waals surface area contributed by atoms with E-state index < -0.39 is 0 Å². The van der Waals surface area contributed by atoms with Gasteiger partial charge in [-0.3, -0.25) is 9.89 Å². The molecule has 33 heavy (non-hydrogen) atoms. The Hall–Kier alpha value is -4.08. The molecule has 10 heteroatoms. The van der Waals surface area contributed by atoms with Crippen LogP contribution in [-0.2, 0) is 0 Å². The fraction of sp³-hybridized carbons (Fsp3) is 0.304. The van der Waals surface area contributed by atoms with Crippen molar-refractivity contribution in [3.8, 4) is 22.8 Å². The quantitative estimate of drug-likeness (QED) is 0.339. The molecule has 0 aliphatic heterocycles. The number of carbonyl (C=O) groups is 1. The van der Waals surface area contributed by atoms with E-state index in [-0.39, 0.29) is 12.0 Å². The van der Waals surface area contributed by atoms with Crippen molar-refractivity contribution in [2.75, 3.05) is 19.5 Å². The van der Waals surface area contributed by atoms with Crippen molar-refractivity contribution in [2.24, 2.45) is 0 Å². The Labute approximate surface area is 190 Å². The monoisotopic (exact) mass is 447 g/mol. The average molecular weight is 447 g/mol. The molecule has 170 valence electrons. The van der Waals surface area contributed by atoms with Gasteiger partial charge in [-0.15, -0.1) is 0 Å². The van der Waals surface area contributed by atoms with Gasteiger partial charge in [-0.05, 0) is 43.9 Å². The highest BCUT2D eigenvalue weighted by Crippen LogP contribution is 2.37. The third kappa shape index (κ3) is 4.07. The lowest BCUT2D eigenvalue weighted by molar-refractivity contribution is 0.0963. The molecule has 1 aromatic carbocycles. The number of aromatic nitrogens is 5. The number of benzene rings is 1. The number of fused-ring (bicyclic) bond motifs is 1. The molecule has 10 nitrogen and oxygen atoms in total. The number of carbonyl (C=O) groups excluding carboxylic acids is 1. The van der Waals surface area contributed by atoms with E-state index in [9.17, 15) is 4.79 Å². The molecule has 1 fully saturated rings. The fourth-order valence-electron chi connectivity index (χ4n) is 4.13. The molecule has 0 saturated heterocycles. The second kappa shape index (κ2) is 8.81. The number of rotatable bonds is 7. The highest BCUT2D eigenvalue weighted by atomic mass is 16.5. The predicted molar refractivity (Wildman–Crippen MR) is 124 cm³/mol. The van der Waals surface area contributed by atoms with E-state index in [0.29, 0.717) is 34.5 Å². The van der Waals surface area contributed by atoms with Crippen molar-refractivity contribution >= 4 is 28.6 Å². The highest BCUT2D eigenvalue weighted by molar-refractivity contribution is 5.98. The molecular formula is C23H25N7O3. The molecule has 5 rings (SSSR count). The van der Waals surface area contributed by atoms with Gasteiger partial charge >= 0.3 is 0 Å². The Morgan fingerprint density at radius 3 is 2.76 bits per heavy atom. The maximum atomic E-state index is 12.0. The van der Waals surface area contributed by atoms with E-state index in [0.717, 1.165) is 42.2 Å². The van der Waals surface area contributed by atoms with Crippen LogP contribution in [0.2, 0.25) is 0 Å². The topological polar surface area (TPSA) is 130 Å². The summed E-state index contributed by atoms with van der Waals surface area (Å²) in [6, 6.07) is 5.14. The first-order chi connectivity index (χ1) is 16.2. The van der Waals surface area contributed by atoms with Crippen LogP contribution in [0.4, 0.5) is 11.6 Å². The second-order valence-electron chi connectivity index (χ2n) is 7.91. The number of H-pyrrole nitrogens is 2. The molecule has 3 heterocycles. The lowest BCUT2D eigenvalue weighted by atomic mass is 10.1. The highest BCUT2D eigenvalue weighted by Gasteiger charge is 2.23. The number of amides is 1. The first-order valence-electron chi connectivity index (χ1n) is 10.9. The SMILES string of the molecule is CNC(=O)c1ccc(Nc2nc(OC3CCCC3)c3c(-c4cn[nH]c4)c[nH]c3n2)c(OC)c1. The normalized spacial score (nSPS) is 13.9. The lowest BCUT2D eigenvalue weighted by Gasteiger charge is -2.16. The summed E-state index contributed by atoms with van der Waals surface area (Å²) in [4.78, 5) is 24.6. The van der Waals surface area contributed by atoms with E-state index in [2.05, 4.69) is 30.8 Å². The maximum absolute atomic E-state index is 12.0. The first-order valence-corrected chi connectivity index (χ1v) is 10.9. The summed E-state index contributed by atoms with van der Waals surface area (Å²) in [6.07, 6.45) is 9.92. The van der Waals surface area contributed by atoms with Crippen molar-refractivity contribution in [1.29, 1.82) is 0 Å². The van der Waals surface area contributed by atoms with Crippen LogP contribution in [-0.4, -0.2) is 51.3 Å². The van der Waals surface area contributed by atoms with E-state index in [1.807, 2.05) is 12.4 Å². The number of nitrogens with zero attached hydrogens (tertiary/aromatic N) is 3. The van der Waals surface area contributed by atoms with Crippen molar-refractivity contribution in [3.63, 3.8) is 0 Å². The Morgan fingerprint density at radius 1 is 1.18 bits per heavy atom. The smallest absolute Gasteiger partial charge is 0.251 e. The molecule has 0 spiro atoms. The number of ether oxygens (including phenoxy) is 2. The number of anilines is 2. The van der Waals surface area contributed by atoms with Crippen LogP contribution in [0.5, 0.6) is 11.6 Å². The molecule has 0 unspecified atom stereocenters. The molecule has 4 aromatic rings. The summed E-state index contributed by atoms with van der Waals surface area (Å²) in [7, 11) is 3.14. The minimum Gasteiger partial charge on any atom is -0.495 e. The average Bonchev–Trinajstić information content (AvgIpc) is 3.60. The third-order valence-electron chi connectivity index (χ3n) is 5.83. The summed E-state index contributed by atoms with van der Waals surface area (Å²) in [5.41, 5.74) is 3.63. The van der Waals surface area contributed by atoms with Gasteiger partial charge in [0.05, 0.1) is 24.4 Å². The number of hydrogen-bond acceptors (Lipinski definition) is 7. The van der Waals surface area contributed by atoms with Crippen LogP contribution in [0.25, 0.3) is 22.2 Å². The fourth-order valence-corrected chi connectivity index (χ4v) is 4.13.